The number of hydrogen-bond donors (Lipinski definition) is 3. The summed E-state index contributed by atoms with van der Waals surface area (Å²) >= 11 is 7.94. The zero-order valence-corrected chi connectivity index (χ0v) is 21.2. The summed E-state index contributed by atoms with van der Waals surface area (Å²) in [6, 6.07) is 12.9. The Bertz CT molecular complexity index is 1230. The predicted molar refractivity (Wildman–Crippen MR) is 136 cm³/mol. The number of ether oxygens (including phenoxy) is 2. The van der Waals surface area contributed by atoms with Gasteiger partial charge < -0.3 is 25.2 Å². The molecule has 1 unspecified atom stereocenters. The van der Waals surface area contributed by atoms with Crippen LogP contribution in [0.25, 0.3) is 0 Å². The number of rotatable bonds is 9. The Balaban J connectivity index is 1.37. The molecule has 1 aliphatic heterocycles. The molecule has 0 bridgehead atoms. The van der Waals surface area contributed by atoms with Crippen molar-refractivity contribution in [2.75, 3.05) is 18.7 Å². The lowest BCUT2D eigenvalue weighted by Crippen LogP contribution is -2.39. The maximum absolute atomic E-state index is 13.3. The van der Waals surface area contributed by atoms with E-state index in [0.29, 0.717) is 21.7 Å². The summed E-state index contributed by atoms with van der Waals surface area (Å²) in [5, 5.41) is 17.6. The van der Waals surface area contributed by atoms with Crippen molar-refractivity contribution < 1.29 is 19.4 Å². The molecule has 9 heteroatoms. The third-order valence-corrected chi connectivity index (χ3v) is 8.06. The van der Waals surface area contributed by atoms with Crippen LogP contribution in [0.5, 0.6) is 11.5 Å². The van der Waals surface area contributed by atoms with Gasteiger partial charge in [0.2, 0.25) is 12.7 Å². The number of anilines is 1. The molecule has 0 radical (unpaired) electrons. The van der Waals surface area contributed by atoms with Gasteiger partial charge >= 0.3 is 0 Å². The molecule has 1 aromatic heterocycles. The first-order valence-corrected chi connectivity index (χ1v) is 12.9. The number of halogens is 1. The highest BCUT2D eigenvalue weighted by molar-refractivity contribution is 7.15. The first kappa shape index (κ1) is 24.1. The number of carbonyl (C=O) groups is 1. The van der Waals surface area contributed by atoms with Crippen LogP contribution in [-0.4, -0.2) is 35.4 Å². The number of aliphatic hydroxyl groups excluding tert-OH is 1. The van der Waals surface area contributed by atoms with Crippen LogP contribution in [0.4, 0.5) is 5.13 Å². The molecule has 7 nitrogen and oxygen atoms in total. The fraction of sp³-hybridized carbons (Fsp3) is 0.385. The summed E-state index contributed by atoms with van der Waals surface area (Å²) in [5.74, 6) is 1.52. The van der Waals surface area contributed by atoms with Crippen LogP contribution in [0.2, 0.25) is 5.02 Å². The number of benzene rings is 2. The number of nitrogens with zero attached hydrogens (tertiary/aromatic N) is 1. The van der Waals surface area contributed by atoms with Crippen LogP contribution in [0.15, 0.2) is 48.7 Å². The van der Waals surface area contributed by atoms with E-state index in [-0.39, 0.29) is 37.3 Å². The van der Waals surface area contributed by atoms with Gasteiger partial charge in [0.1, 0.15) is 0 Å². The molecule has 1 fully saturated rings. The van der Waals surface area contributed by atoms with Crippen molar-refractivity contribution in [1.29, 1.82) is 0 Å². The topological polar surface area (TPSA) is 92.7 Å². The standard InChI is InChI=1S/C26H28ClN3O4S/c1-15(2)19(13-31)29-23(17-5-3-4-6-18(17)27)22-12-28-25(35-22)30-24(32)26(9-10-26)16-7-8-20-21(11-16)34-14-33-20/h3-8,11-12,15,19,23,29,31H,9-10,13-14H2,1-2H3,(H,28,30,32)/t19-,23?/m0/s1. The Kier molecular flexibility index (Phi) is 6.72. The van der Waals surface area contributed by atoms with Gasteiger partial charge in [0, 0.05) is 22.1 Å². The molecule has 0 saturated heterocycles. The summed E-state index contributed by atoms with van der Waals surface area (Å²) in [6.45, 7) is 4.32. The zero-order valence-electron chi connectivity index (χ0n) is 19.6. The normalized spacial score (nSPS) is 17.3. The molecule has 1 amide bonds. The third-order valence-electron chi connectivity index (χ3n) is 6.74. The van der Waals surface area contributed by atoms with E-state index in [4.69, 9.17) is 21.1 Å². The van der Waals surface area contributed by atoms with Crippen molar-refractivity contribution in [3.05, 3.63) is 69.7 Å². The molecular formula is C26H28ClN3O4S. The number of thiazole rings is 1. The number of carbonyl (C=O) groups excluding carboxylic acids is 1. The Labute approximate surface area is 213 Å². The van der Waals surface area contributed by atoms with Crippen LogP contribution in [0.3, 0.4) is 0 Å². The second-order valence-corrected chi connectivity index (χ2v) is 10.8. The zero-order chi connectivity index (χ0) is 24.6. The lowest BCUT2D eigenvalue weighted by molar-refractivity contribution is -0.118. The average molecular weight is 514 g/mol. The van der Waals surface area contributed by atoms with Crippen molar-refractivity contribution >= 4 is 34.0 Å². The lowest BCUT2D eigenvalue weighted by atomic mass is 9.94. The van der Waals surface area contributed by atoms with E-state index < -0.39 is 5.41 Å². The minimum atomic E-state index is -0.577. The van der Waals surface area contributed by atoms with E-state index in [0.717, 1.165) is 28.8 Å². The highest BCUT2D eigenvalue weighted by atomic mass is 35.5. The number of aromatic nitrogens is 1. The van der Waals surface area contributed by atoms with Gasteiger partial charge in [-0.2, -0.15) is 0 Å². The van der Waals surface area contributed by atoms with Crippen LogP contribution in [0.1, 0.15) is 48.7 Å². The van der Waals surface area contributed by atoms with Crippen LogP contribution >= 0.6 is 22.9 Å². The summed E-state index contributed by atoms with van der Waals surface area (Å²) in [4.78, 5) is 18.7. The molecule has 3 N–H and O–H groups in total. The number of hydrogen-bond acceptors (Lipinski definition) is 7. The summed E-state index contributed by atoms with van der Waals surface area (Å²) in [6.07, 6.45) is 3.30. The minimum Gasteiger partial charge on any atom is -0.454 e. The van der Waals surface area contributed by atoms with Gasteiger partial charge in [0.05, 0.1) is 18.1 Å². The van der Waals surface area contributed by atoms with Gasteiger partial charge in [-0.1, -0.05) is 61.1 Å². The third kappa shape index (κ3) is 4.76. The largest absolute Gasteiger partial charge is 0.454 e. The minimum absolute atomic E-state index is 0.000924. The summed E-state index contributed by atoms with van der Waals surface area (Å²) in [5.41, 5.74) is 1.25. The molecule has 0 spiro atoms. The number of aliphatic hydroxyl groups is 1. The Hall–Kier alpha value is -2.65. The second kappa shape index (κ2) is 9.78. The average Bonchev–Trinajstić information content (AvgIpc) is 3.31. The Morgan fingerprint density at radius 3 is 2.69 bits per heavy atom. The highest BCUT2D eigenvalue weighted by Crippen LogP contribution is 2.51. The number of fused-ring (bicyclic) bond motifs is 1. The highest BCUT2D eigenvalue weighted by Gasteiger charge is 2.52. The van der Waals surface area contributed by atoms with Gasteiger partial charge in [0.15, 0.2) is 16.6 Å². The molecule has 3 aromatic rings. The van der Waals surface area contributed by atoms with Crippen molar-refractivity contribution in [3.63, 3.8) is 0 Å². The maximum atomic E-state index is 13.3. The van der Waals surface area contributed by atoms with E-state index in [1.807, 2.05) is 42.5 Å². The van der Waals surface area contributed by atoms with Crippen LogP contribution in [-0.2, 0) is 10.2 Å². The Morgan fingerprint density at radius 1 is 1.20 bits per heavy atom. The molecule has 2 atom stereocenters. The number of nitrogens with one attached hydrogen (secondary N) is 2. The predicted octanol–water partition coefficient (Wildman–Crippen LogP) is 4.89. The van der Waals surface area contributed by atoms with Crippen molar-refractivity contribution in [3.8, 4) is 11.5 Å². The van der Waals surface area contributed by atoms with E-state index in [9.17, 15) is 9.90 Å². The second-order valence-electron chi connectivity index (χ2n) is 9.33. The molecule has 35 heavy (non-hydrogen) atoms. The van der Waals surface area contributed by atoms with Crippen molar-refractivity contribution in [1.82, 2.24) is 10.3 Å². The molecule has 2 aliphatic rings. The van der Waals surface area contributed by atoms with E-state index in [1.165, 1.54) is 11.3 Å². The monoisotopic (exact) mass is 513 g/mol. The summed E-state index contributed by atoms with van der Waals surface area (Å²) < 4.78 is 10.9. The molecular weight excluding hydrogens is 486 g/mol. The van der Waals surface area contributed by atoms with Crippen LogP contribution in [0, 0.1) is 5.92 Å². The molecule has 2 aromatic carbocycles. The fourth-order valence-electron chi connectivity index (χ4n) is 4.37. The molecule has 5 rings (SSSR count). The summed E-state index contributed by atoms with van der Waals surface area (Å²) in [7, 11) is 0. The van der Waals surface area contributed by atoms with Gasteiger partial charge in [-0.25, -0.2) is 4.98 Å². The quantitative estimate of drug-likeness (QED) is 0.377. The van der Waals surface area contributed by atoms with Crippen molar-refractivity contribution in [2.45, 2.75) is 44.2 Å². The van der Waals surface area contributed by atoms with E-state index >= 15 is 0 Å². The van der Waals surface area contributed by atoms with Gasteiger partial charge in [0.25, 0.3) is 0 Å². The molecule has 184 valence electrons. The van der Waals surface area contributed by atoms with E-state index in [1.54, 1.807) is 6.20 Å². The van der Waals surface area contributed by atoms with Gasteiger partial charge in [-0.15, -0.1) is 0 Å². The molecule has 1 saturated carbocycles. The lowest BCUT2D eigenvalue weighted by Gasteiger charge is -2.27. The smallest absolute Gasteiger partial charge is 0.236 e. The SMILES string of the molecule is CC(C)[C@H](CO)NC(c1cnc(NC(=O)C2(c3ccc4c(c3)OCO4)CC2)s1)c1ccccc1Cl. The fourth-order valence-corrected chi connectivity index (χ4v) is 5.50. The first-order valence-electron chi connectivity index (χ1n) is 11.7. The number of amides is 1. The first-order chi connectivity index (χ1) is 16.9. The molecule has 1 aliphatic carbocycles. The van der Waals surface area contributed by atoms with Gasteiger partial charge in [-0.05, 0) is 48.1 Å². The molecule has 2 heterocycles. The maximum Gasteiger partial charge on any atom is 0.236 e. The Morgan fingerprint density at radius 2 is 1.97 bits per heavy atom. The van der Waals surface area contributed by atoms with Gasteiger partial charge in [-0.3, -0.25) is 4.79 Å². The van der Waals surface area contributed by atoms with E-state index in [2.05, 4.69) is 29.5 Å². The van der Waals surface area contributed by atoms with Crippen molar-refractivity contribution in [2.24, 2.45) is 5.92 Å². The van der Waals surface area contributed by atoms with Crippen LogP contribution < -0.4 is 20.1 Å².